The summed E-state index contributed by atoms with van der Waals surface area (Å²) < 4.78 is 29.6. The van der Waals surface area contributed by atoms with Crippen LogP contribution in [0.1, 0.15) is 27.7 Å². The summed E-state index contributed by atoms with van der Waals surface area (Å²) in [5.41, 5.74) is 0.810. The Morgan fingerprint density at radius 2 is 1.64 bits per heavy atom. The van der Waals surface area contributed by atoms with Crippen LogP contribution in [-0.4, -0.2) is 34.6 Å². The fourth-order valence-corrected chi connectivity index (χ4v) is 4.61. The number of rotatable bonds is 5. The second-order valence-electron chi connectivity index (χ2n) is 5.62. The highest BCUT2D eigenvalue weighted by atomic mass is 79.9. The average Bonchev–Trinajstić information content (AvgIpc) is 2.84. The Morgan fingerprint density at radius 3 is 2.05 bits per heavy atom. The van der Waals surface area contributed by atoms with Crippen molar-refractivity contribution in [2.75, 3.05) is 0 Å². The minimum Gasteiger partial charge on any atom is -0.240 e. The van der Waals surface area contributed by atoms with Crippen LogP contribution in [0.3, 0.4) is 0 Å². The van der Waals surface area contributed by atoms with Crippen molar-refractivity contribution in [1.29, 1.82) is 0 Å². The molecule has 0 aliphatic rings. The molecule has 1 heterocycles. The lowest BCUT2D eigenvalue weighted by Gasteiger charge is -2.29. The third-order valence-corrected chi connectivity index (χ3v) is 5.92. The molecule has 0 amide bonds. The van der Waals surface area contributed by atoms with Gasteiger partial charge < -0.3 is 0 Å². The molecule has 0 atom stereocenters. The summed E-state index contributed by atoms with van der Waals surface area (Å²) in [4.78, 5) is 0.296. The molecule has 0 aliphatic carbocycles. The molecule has 22 heavy (non-hydrogen) atoms. The van der Waals surface area contributed by atoms with E-state index in [1.165, 1.54) is 4.31 Å². The maximum absolute atomic E-state index is 12.8. The van der Waals surface area contributed by atoms with Gasteiger partial charge in [-0.2, -0.15) is 9.40 Å². The van der Waals surface area contributed by atoms with Gasteiger partial charge in [0.2, 0.25) is 10.0 Å². The van der Waals surface area contributed by atoms with E-state index in [9.17, 15) is 8.42 Å². The van der Waals surface area contributed by atoms with Crippen molar-refractivity contribution in [3.05, 3.63) is 41.1 Å². The summed E-state index contributed by atoms with van der Waals surface area (Å²) in [5, 5.41) is 4.18. The fourth-order valence-electron chi connectivity index (χ4n) is 2.49. The van der Waals surface area contributed by atoms with Crippen LogP contribution in [0, 0.1) is 0 Å². The van der Waals surface area contributed by atoms with Gasteiger partial charge in [0.1, 0.15) is 0 Å². The minimum absolute atomic E-state index is 0.0910. The molecule has 5 nitrogen and oxygen atoms in total. The Labute approximate surface area is 140 Å². The first-order chi connectivity index (χ1) is 10.2. The smallest absolute Gasteiger partial charge is 0.240 e. The monoisotopic (exact) mass is 385 g/mol. The normalized spacial score (nSPS) is 12.5. The molecule has 120 valence electrons. The molecule has 0 spiro atoms. The average molecular weight is 386 g/mol. The second kappa shape index (κ2) is 6.52. The summed E-state index contributed by atoms with van der Waals surface area (Å²) >= 11 is 3.34. The van der Waals surface area contributed by atoms with Crippen molar-refractivity contribution in [3.63, 3.8) is 0 Å². The molecule has 0 unspecified atom stereocenters. The van der Waals surface area contributed by atoms with E-state index < -0.39 is 10.0 Å². The SMILES string of the molecule is CC(C)N(C(C)C)S(=O)(=O)c1ccc(-n2cc(Br)cn2)cc1. The minimum atomic E-state index is -3.50. The lowest BCUT2D eigenvalue weighted by atomic mass is 10.3. The molecule has 0 radical (unpaired) electrons. The summed E-state index contributed by atoms with van der Waals surface area (Å²) in [6, 6.07) is 6.57. The van der Waals surface area contributed by atoms with Gasteiger partial charge in [0, 0.05) is 18.3 Å². The summed E-state index contributed by atoms with van der Waals surface area (Å²) in [5.74, 6) is 0. The zero-order valence-corrected chi connectivity index (χ0v) is 15.5. The third kappa shape index (κ3) is 3.42. The van der Waals surface area contributed by atoms with Crippen LogP contribution in [-0.2, 0) is 10.0 Å². The van der Waals surface area contributed by atoms with Gasteiger partial charge in [0.25, 0.3) is 0 Å². The Morgan fingerprint density at radius 1 is 1.09 bits per heavy atom. The van der Waals surface area contributed by atoms with Crippen LogP contribution in [0.5, 0.6) is 0 Å². The lowest BCUT2D eigenvalue weighted by Crippen LogP contribution is -2.41. The zero-order valence-electron chi connectivity index (χ0n) is 13.1. The zero-order chi connectivity index (χ0) is 16.5. The lowest BCUT2D eigenvalue weighted by molar-refractivity contribution is 0.302. The number of hydrogen-bond acceptors (Lipinski definition) is 3. The molecule has 0 saturated heterocycles. The molecule has 0 bridgehead atoms. The van der Waals surface area contributed by atoms with Crippen molar-refractivity contribution in [2.24, 2.45) is 0 Å². The van der Waals surface area contributed by atoms with Gasteiger partial charge in [0.05, 0.1) is 21.3 Å². The van der Waals surface area contributed by atoms with Crippen LogP contribution in [0.4, 0.5) is 0 Å². The molecular weight excluding hydrogens is 366 g/mol. The van der Waals surface area contributed by atoms with E-state index in [0.29, 0.717) is 4.90 Å². The van der Waals surface area contributed by atoms with E-state index in [1.807, 2.05) is 33.9 Å². The van der Waals surface area contributed by atoms with Crippen molar-refractivity contribution in [2.45, 2.75) is 44.7 Å². The summed E-state index contributed by atoms with van der Waals surface area (Å²) in [7, 11) is -3.50. The van der Waals surface area contributed by atoms with Gasteiger partial charge in [-0.3, -0.25) is 0 Å². The van der Waals surface area contributed by atoms with Crippen LogP contribution >= 0.6 is 15.9 Å². The highest BCUT2D eigenvalue weighted by Gasteiger charge is 2.29. The highest BCUT2D eigenvalue weighted by molar-refractivity contribution is 9.10. The molecule has 2 aromatic rings. The van der Waals surface area contributed by atoms with Crippen LogP contribution in [0.2, 0.25) is 0 Å². The van der Waals surface area contributed by atoms with E-state index in [1.54, 1.807) is 35.1 Å². The van der Waals surface area contributed by atoms with Crippen LogP contribution in [0.15, 0.2) is 46.0 Å². The molecule has 0 N–H and O–H groups in total. The maximum atomic E-state index is 12.8. The van der Waals surface area contributed by atoms with Gasteiger partial charge in [0.15, 0.2) is 0 Å². The first-order valence-corrected chi connectivity index (χ1v) is 9.31. The predicted molar refractivity (Wildman–Crippen MR) is 90.6 cm³/mol. The van der Waals surface area contributed by atoms with Crippen LogP contribution < -0.4 is 0 Å². The second-order valence-corrected chi connectivity index (χ2v) is 8.38. The predicted octanol–water partition coefficient (Wildman–Crippen LogP) is 3.44. The Kier molecular flexibility index (Phi) is 5.09. The summed E-state index contributed by atoms with van der Waals surface area (Å²) in [6.07, 6.45) is 3.50. The fraction of sp³-hybridized carbons (Fsp3) is 0.400. The standard InChI is InChI=1S/C15H20BrN3O2S/c1-11(2)19(12(3)4)22(20,21)15-7-5-14(6-8-15)18-10-13(16)9-17-18/h5-12H,1-4H3. The van der Waals surface area contributed by atoms with E-state index in [4.69, 9.17) is 0 Å². The number of sulfonamides is 1. The Hall–Kier alpha value is -1.18. The molecule has 0 saturated carbocycles. The van der Waals surface area contributed by atoms with E-state index in [-0.39, 0.29) is 12.1 Å². The number of hydrogen-bond donors (Lipinski definition) is 0. The van der Waals surface area contributed by atoms with Crippen molar-refractivity contribution < 1.29 is 8.42 Å². The molecule has 1 aromatic heterocycles. The molecule has 0 fully saturated rings. The largest absolute Gasteiger partial charge is 0.243 e. The first kappa shape index (κ1) is 17.2. The number of nitrogens with zero attached hydrogens (tertiary/aromatic N) is 3. The number of benzene rings is 1. The van der Waals surface area contributed by atoms with E-state index in [0.717, 1.165) is 10.2 Å². The Bertz CT molecular complexity index is 728. The molecule has 0 aliphatic heterocycles. The highest BCUT2D eigenvalue weighted by Crippen LogP contribution is 2.22. The van der Waals surface area contributed by atoms with Gasteiger partial charge in [-0.15, -0.1) is 0 Å². The van der Waals surface area contributed by atoms with Crippen molar-refractivity contribution >= 4 is 26.0 Å². The van der Waals surface area contributed by atoms with Crippen molar-refractivity contribution in [1.82, 2.24) is 14.1 Å². The quantitative estimate of drug-likeness (QED) is 0.791. The topological polar surface area (TPSA) is 55.2 Å². The molecule has 2 rings (SSSR count). The Balaban J connectivity index is 2.37. The van der Waals surface area contributed by atoms with Gasteiger partial charge >= 0.3 is 0 Å². The molecule has 1 aromatic carbocycles. The summed E-state index contributed by atoms with van der Waals surface area (Å²) in [6.45, 7) is 7.53. The van der Waals surface area contributed by atoms with Crippen molar-refractivity contribution in [3.8, 4) is 5.69 Å². The van der Waals surface area contributed by atoms with Crippen LogP contribution in [0.25, 0.3) is 5.69 Å². The molecular formula is C15H20BrN3O2S. The molecule has 7 heteroatoms. The van der Waals surface area contributed by atoms with Gasteiger partial charge in [-0.1, -0.05) is 0 Å². The number of halogens is 1. The van der Waals surface area contributed by atoms with E-state index >= 15 is 0 Å². The maximum Gasteiger partial charge on any atom is 0.243 e. The van der Waals surface area contributed by atoms with E-state index in [2.05, 4.69) is 21.0 Å². The van der Waals surface area contributed by atoms with Gasteiger partial charge in [-0.05, 0) is 67.9 Å². The number of aromatic nitrogens is 2. The van der Waals surface area contributed by atoms with Gasteiger partial charge in [-0.25, -0.2) is 13.1 Å². The first-order valence-electron chi connectivity index (χ1n) is 7.07. The third-order valence-electron chi connectivity index (χ3n) is 3.25.